The number of carboxylic acid groups (broad SMARTS) is 1. The van der Waals surface area contributed by atoms with E-state index in [9.17, 15) is 19.5 Å². The first-order valence-electron chi connectivity index (χ1n) is 6.54. The summed E-state index contributed by atoms with van der Waals surface area (Å²) >= 11 is 0. The van der Waals surface area contributed by atoms with Crippen molar-refractivity contribution >= 4 is 17.9 Å². The first-order valence-corrected chi connectivity index (χ1v) is 6.54. The normalized spacial score (nSPS) is 18.1. The minimum absolute atomic E-state index is 0.0352. The van der Waals surface area contributed by atoms with E-state index in [4.69, 9.17) is 5.73 Å². The zero-order valence-corrected chi connectivity index (χ0v) is 10.9. The van der Waals surface area contributed by atoms with Gasteiger partial charge in [-0.05, 0) is 12.8 Å². The number of hydrogen-bond acceptors (Lipinski definition) is 3. The number of nitrogens with two attached hydrogens (primary N) is 1. The van der Waals surface area contributed by atoms with Crippen molar-refractivity contribution in [2.75, 3.05) is 6.54 Å². The number of primary amides is 1. The maximum Gasteiger partial charge on any atom is 0.329 e. The number of amides is 3. The van der Waals surface area contributed by atoms with Gasteiger partial charge in [-0.25, -0.2) is 9.59 Å². The Morgan fingerprint density at radius 1 is 1.11 bits per heavy atom. The zero-order chi connectivity index (χ0) is 14.3. The molecule has 3 amide bonds. The molecule has 0 unspecified atom stereocenters. The van der Waals surface area contributed by atoms with Crippen molar-refractivity contribution in [3.8, 4) is 0 Å². The summed E-state index contributed by atoms with van der Waals surface area (Å²) in [5, 5.41) is 14.4. The van der Waals surface area contributed by atoms with Crippen molar-refractivity contribution in [2.45, 2.75) is 50.5 Å². The quantitative estimate of drug-likeness (QED) is 0.538. The monoisotopic (exact) mass is 271 g/mol. The van der Waals surface area contributed by atoms with Gasteiger partial charge in [0.25, 0.3) is 0 Å². The Labute approximate surface area is 111 Å². The molecule has 1 rings (SSSR count). The standard InChI is InChI=1S/C12H21N3O4/c13-9(16)5-8-14-11(19)15-12(10(17)18)6-3-1-2-4-7-12/h1-8H2,(H2,13,16)(H,17,18)(H2,14,15,19). The minimum Gasteiger partial charge on any atom is -0.480 e. The summed E-state index contributed by atoms with van der Waals surface area (Å²) in [6.45, 7) is 0.108. The average molecular weight is 271 g/mol. The third-order valence-electron chi connectivity index (χ3n) is 3.38. The molecule has 0 aliphatic heterocycles. The molecular formula is C12H21N3O4. The van der Waals surface area contributed by atoms with Gasteiger partial charge in [0.05, 0.1) is 0 Å². The number of aliphatic carboxylic acids is 1. The highest BCUT2D eigenvalue weighted by Gasteiger charge is 2.39. The molecule has 0 aromatic carbocycles. The lowest BCUT2D eigenvalue weighted by Crippen LogP contribution is -2.57. The first kappa shape index (κ1) is 15.3. The largest absolute Gasteiger partial charge is 0.480 e. The number of rotatable bonds is 5. The molecule has 1 fully saturated rings. The van der Waals surface area contributed by atoms with Crippen molar-refractivity contribution in [3.05, 3.63) is 0 Å². The highest BCUT2D eigenvalue weighted by atomic mass is 16.4. The molecule has 108 valence electrons. The van der Waals surface area contributed by atoms with Crippen LogP contribution < -0.4 is 16.4 Å². The van der Waals surface area contributed by atoms with Crippen LogP contribution in [0.3, 0.4) is 0 Å². The van der Waals surface area contributed by atoms with Gasteiger partial charge < -0.3 is 21.5 Å². The van der Waals surface area contributed by atoms with Crippen LogP contribution in [0.2, 0.25) is 0 Å². The second-order valence-electron chi connectivity index (χ2n) is 4.90. The SMILES string of the molecule is NC(=O)CCNC(=O)NC1(C(=O)O)CCCCCC1. The Balaban J connectivity index is 2.55. The fourth-order valence-corrected chi connectivity index (χ4v) is 2.29. The van der Waals surface area contributed by atoms with Gasteiger partial charge in [-0.1, -0.05) is 25.7 Å². The lowest BCUT2D eigenvalue weighted by atomic mass is 9.90. The molecule has 1 saturated carbocycles. The van der Waals surface area contributed by atoms with Gasteiger partial charge in [0.2, 0.25) is 5.91 Å². The molecule has 0 saturated heterocycles. The van der Waals surface area contributed by atoms with E-state index >= 15 is 0 Å². The van der Waals surface area contributed by atoms with Crippen LogP contribution in [0.1, 0.15) is 44.9 Å². The van der Waals surface area contributed by atoms with E-state index in [0.717, 1.165) is 25.7 Å². The lowest BCUT2D eigenvalue weighted by Gasteiger charge is -2.29. The summed E-state index contributed by atoms with van der Waals surface area (Å²) in [6.07, 6.45) is 4.45. The third kappa shape index (κ3) is 4.76. The minimum atomic E-state index is -1.19. The molecule has 1 aliphatic rings. The van der Waals surface area contributed by atoms with E-state index in [1.807, 2.05) is 0 Å². The molecule has 5 N–H and O–H groups in total. The van der Waals surface area contributed by atoms with E-state index in [2.05, 4.69) is 10.6 Å². The van der Waals surface area contributed by atoms with Crippen LogP contribution in [0, 0.1) is 0 Å². The van der Waals surface area contributed by atoms with Crippen LogP contribution in [0.5, 0.6) is 0 Å². The molecule has 19 heavy (non-hydrogen) atoms. The van der Waals surface area contributed by atoms with Crippen LogP contribution in [-0.4, -0.2) is 35.1 Å². The van der Waals surface area contributed by atoms with Gasteiger partial charge in [-0.3, -0.25) is 4.79 Å². The Bertz CT molecular complexity index is 349. The fourth-order valence-electron chi connectivity index (χ4n) is 2.29. The molecule has 0 radical (unpaired) electrons. The van der Waals surface area contributed by atoms with Crippen molar-refractivity contribution in [2.24, 2.45) is 5.73 Å². The van der Waals surface area contributed by atoms with Crippen molar-refractivity contribution in [1.29, 1.82) is 0 Å². The second-order valence-corrected chi connectivity index (χ2v) is 4.90. The number of nitrogens with one attached hydrogen (secondary N) is 2. The summed E-state index contributed by atoms with van der Waals surface area (Å²) in [7, 11) is 0. The number of urea groups is 1. The van der Waals surface area contributed by atoms with E-state index < -0.39 is 23.4 Å². The Morgan fingerprint density at radius 3 is 2.16 bits per heavy atom. The lowest BCUT2D eigenvalue weighted by molar-refractivity contribution is -0.145. The average Bonchev–Trinajstić information content (AvgIpc) is 2.55. The van der Waals surface area contributed by atoms with Crippen molar-refractivity contribution in [1.82, 2.24) is 10.6 Å². The van der Waals surface area contributed by atoms with Gasteiger partial charge in [0.1, 0.15) is 5.54 Å². The van der Waals surface area contributed by atoms with Crippen molar-refractivity contribution < 1.29 is 19.5 Å². The van der Waals surface area contributed by atoms with Crippen molar-refractivity contribution in [3.63, 3.8) is 0 Å². The zero-order valence-electron chi connectivity index (χ0n) is 10.9. The van der Waals surface area contributed by atoms with Crippen LogP contribution in [0.15, 0.2) is 0 Å². The number of carbonyl (C=O) groups excluding carboxylic acids is 2. The van der Waals surface area contributed by atoms with Crippen LogP contribution >= 0.6 is 0 Å². The Kier molecular flexibility index (Phi) is 5.59. The topological polar surface area (TPSA) is 122 Å². The van der Waals surface area contributed by atoms with E-state index in [1.165, 1.54) is 0 Å². The van der Waals surface area contributed by atoms with E-state index in [1.54, 1.807) is 0 Å². The fraction of sp³-hybridized carbons (Fsp3) is 0.750. The number of hydrogen-bond donors (Lipinski definition) is 4. The smallest absolute Gasteiger partial charge is 0.329 e. The van der Waals surface area contributed by atoms with E-state index in [-0.39, 0.29) is 13.0 Å². The molecule has 1 aliphatic carbocycles. The van der Waals surface area contributed by atoms with Gasteiger partial charge in [0, 0.05) is 13.0 Å². The second kappa shape index (κ2) is 6.96. The molecule has 0 atom stereocenters. The molecule has 0 bridgehead atoms. The first-order chi connectivity index (χ1) is 8.96. The summed E-state index contributed by atoms with van der Waals surface area (Å²) in [4.78, 5) is 33.7. The molecule has 0 spiro atoms. The van der Waals surface area contributed by atoms with Crippen LogP contribution in [0.4, 0.5) is 4.79 Å². The van der Waals surface area contributed by atoms with Gasteiger partial charge in [0.15, 0.2) is 0 Å². The van der Waals surface area contributed by atoms with Gasteiger partial charge in [-0.15, -0.1) is 0 Å². The molecule has 7 heteroatoms. The molecule has 0 aromatic heterocycles. The number of carboxylic acids is 1. The summed E-state index contributed by atoms with van der Waals surface area (Å²) < 4.78 is 0. The van der Waals surface area contributed by atoms with Gasteiger partial charge in [-0.2, -0.15) is 0 Å². The molecule has 7 nitrogen and oxygen atoms in total. The Morgan fingerprint density at radius 2 is 1.68 bits per heavy atom. The Hall–Kier alpha value is -1.79. The molecule has 0 heterocycles. The summed E-state index contributed by atoms with van der Waals surface area (Å²) in [6, 6.07) is -0.564. The maximum atomic E-state index is 11.7. The predicted molar refractivity (Wildman–Crippen MR) is 68.4 cm³/mol. The highest BCUT2D eigenvalue weighted by molar-refractivity contribution is 5.86. The maximum absolute atomic E-state index is 11.7. The van der Waals surface area contributed by atoms with Gasteiger partial charge >= 0.3 is 12.0 Å². The summed E-state index contributed by atoms with van der Waals surface area (Å²) in [5.74, 6) is -1.51. The van der Waals surface area contributed by atoms with Crippen LogP contribution in [0.25, 0.3) is 0 Å². The predicted octanol–water partition coefficient (Wildman–Crippen LogP) is 0.339. The van der Waals surface area contributed by atoms with E-state index in [0.29, 0.717) is 12.8 Å². The summed E-state index contributed by atoms with van der Waals surface area (Å²) in [5.41, 5.74) is 3.77. The number of carbonyl (C=O) groups is 3. The molecule has 0 aromatic rings. The molecular weight excluding hydrogens is 250 g/mol. The third-order valence-corrected chi connectivity index (χ3v) is 3.38. The van der Waals surface area contributed by atoms with Crippen LogP contribution in [-0.2, 0) is 9.59 Å². The highest BCUT2D eigenvalue weighted by Crippen LogP contribution is 2.27.